The Hall–Kier alpha value is -1.88. The van der Waals surface area contributed by atoms with Crippen LogP contribution in [0.25, 0.3) is 11.0 Å². The number of amides is 1. The van der Waals surface area contributed by atoms with Crippen LogP contribution in [0.2, 0.25) is 0 Å². The topological polar surface area (TPSA) is 72.9 Å². The summed E-state index contributed by atoms with van der Waals surface area (Å²) >= 11 is 0. The Morgan fingerprint density at radius 2 is 2.14 bits per heavy atom. The summed E-state index contributed by atoms with van der Waals surface area (Å²) in [6, 6.07) is 5.34. The van der Waals surface area contributed by atoms with Crippen LogP contribution in [0.4, 0.5) is 5.69 Å². The maximum absolute atomic E-state index is 12.0. The Morgan fingerprint density at radius 1 is 1.43 bits per heavy atom. The number of carbonyl (C=O) groups excluding carboxylic acids is 1. The molecule has 0 spiro atoms. The van der Waals surface area contributed by atoms with E-state index in [1.54, 1.807) is 0 Å². The molecule has 3 N–H and O–H groups in total. The van der Waals surface area contributed by atoms with Gasteiger partial charge in [-0.2, -0.15) is 0 Å². The van der Waals surface area contributed by atoms with Gasteiger partial charge >= 0.3 is 0 Å². The normalized spacial score (nSPS) is 16.4. The lowest BCUT2D eigenvalue weighted by molar-refractivity contribution is -0.118. The van der Waals surface area contributed by atoms with Crippen molar-refractivity contribution in [2.24, 2.45) is 18.7 Å². The van der Waals surface area contributed by atoms with Crippen LogP contribution in [-0.2, 0) is 11.8 Å². The van der Waals surface area contributed by atoms with E-state index in [4.69, 9.17) is 10.7 Å². The molecule has 0 aliphatic heterocycles. The van der Waals surface area contributed by atoms with Gasteiger partial charge < -0.3 is 15.6 Å². The van der Waals surface area contributed by atoms with E-state index >= 15 is 0 Å². The van der Waals surface area contributed by atoms with E-state index in [2.05, 4.69) is 16.9 Å². The van der Waals surface area contributed by atoms with Crippen LogP contribution in [0.3, 0.4) is 0 Å². The highest BCUT2D eigenvalue weighted by Crippen LogP contribution is 2.40. The van der Waals surface area contributed by atoms with Crippen molar-refractivity contribution in [1.82, 2.24) is 9.55 Å². The third-order valence-corrected chi connectivity index (χ3v) is 4.15. The molecular weight excluding hydrogens is 264 g/mol. The van der Waals surface area contributed by atoms with Crippen LogP contribution in [0.5, 0.6) is 0 Å². The molecule has 1 aliphatic carbocycles. The minimum atomic E-state index is -0.494. The number of rotatable bonds is 4. The first-order valence-electron chi connectivity index (χ1n) is 7.50. The molecule has 5 heteroatoms. The van der Waals surface area contributed by atoms with Crippen molar-refractivity contribution in [3.63, 3.8) is 0 Å². The van der Waals surface area contributed by atoms with Crippen LogP contribution < -0.4 is 11.1 Å². The molecule has 1 atom stereocenters. The number of nitrogens with two attached hydrogens (primary N) is 1. The quantitative estimate of drug-likeness (QED) is 0.906. The summed E-state index contributed by atoms with van der Waals surface area (Å²) in [6.07, 6.45) is 2.45. The van der Waals surface area contributed by atoms with Gasteiger partial charge in [0.1, 0.15) is 5.82 Å². The second-order valence-corrected chi connectivity index (χ2v) is 6.27. The van der Waals surface area contributed by atoms with Gasteiger partial charge in [-0.15, -0.1) is 0 Å². The Labute approximate surface area is 124 Å². The molecule has 2 aromatic rings. The highest BCUT2D eigenvalue weighted by Gasteiger charge is 2.28. The van der Waals surface area contributed by atoms with Gasteiger partial charge in [-0.1, -0.05) is 13.8 Å². The number of aromatic nitrogens is 2. The Kier molecular flexibility index (Phi) is 3.45. The van der Waals surface area contributed by atoms with Crippen LogP contribution >= 0.6 is 0 Å². The zero-order chi connectivity index (χ0) is 15.1. The largest absolute Gasteiger partial charge is 0.331 e. The fourth-order valence-electron chi connectivity index (χ4n) is 2.53. The molecule has 1 aromatic heterocycles. The monoisotopic (exact) mass is 286 g/mol. The van der Waals surface area contributed by atoms with Gasteiger partial charge in [0, 0.05) is 18.7 Å². The number of hydrogen-bond donors (Lipinski definition) is 2. The van der Waals surface area contributed by atoms with Crippen molar-refractivity contribution in [2.45, 2.75) is 38.6 Å². The van der Waals surface area contributed by atoms with E-state index in [1.165, 1.54) is 12.8 Å². The smallest absolute Gasteiger partial charge is 0.241 e. The third kappa shape index (κ3) is 2.65. The number of imidazole rings is 1. The summed E-state index contributed by atoms with van der Waals surface area (Å²) in [5.74, 6) is 1.72. The average Bonchev–Trinajstić information content (AvgIpc) is 3.23. The highest BCUT2D eigenvalue weighted by atomic mass is 16.2. The van der Waals surface area contributed by atoms with Gasteiger partial charge in [-0.25, -0.2) is 4.98 Å². The van der Waals surface area contributed by atoms with Gasteiger partial charge in [0.05, 0.1) is 17.1 Å². The third-order valence-electron chi connectivity index (χ3n) is 4.15. The van der Waals surface area contributed by atoms with Crippen molar-refractivity contribution in [2.75, 3.05) is 5.32 Å². The molecule has 1 amide bonds. The van der Waals surface area contributed by atoms with Crippen molar-refractivity contribution in [1.29, 1.82) is 0 Å². The van der Waals surface area contributed by atoms with Gasteiger partial charge in [0.25, 0.3) is 0 Å². The predicted molar refractivity (Wildman–Crippen MR) is 84.1 cm³/mol. The average molecular weight is 286 g/mol. The standard InChI is InChI=1S/C16H22N4O/c1-9(2)14(17)16(21)18-11-6-7-13-12(8-11)19-15(20(13)3)10-4-5-10/h6-10,14H,4-5,17H2,1-3H3,(H,18,21)/t14-/m0/s1. The molecule has 0 bridgehead atoms. The summed E-state index contributed by atoms with van der Waals surface area (Å²) in [4.78, 5) is 16.7. The number of hydrogen-bond acceptors (Lipinski definition) is 3. The van der Waals surface area contributed by atoms with Gasteiger partial charge in [-0.05, 0) is 37.0 Å². The fourth-order valence-corrected chi connectivity index (χ4v) is 2.53. The van der Waals surface area contributed by atoms with E-state index < -0.39 is 6.04 Å². The van der Waals surface area contributed by atoms with E-state index in [-0.39, 0.29) is 11.8 Å². The summed E-state index contributed by atoms with van der Waals surface area (Å²) < 4.78 is 2.15. The van der Waals surface area contributed by atoms with Gasteiger partial charge in [0.15, 0.2) is 0 Å². The van der Waals surface area contributed by atoms with Crippen LogP contribution in [0, 0.1) is 5.92 Å². The summed E-state index contributed by atoms with van der Waals surface area (Å²) in [7, 11) is 2.05. The second kappa shape index (κ2) is 5.15. The SMILES string of the molecule is CC(C)[C@H](N)C(=O)Nc1ccc2c(c1)nc(C1CC1)n2C. The Morgan fingerprint density at radius 3 is 2.76 bits per heavy atom. The van der Waals surface area contributed by atoms with Crippen molar-refractivity contribution < 1.29 is 4.79 Å². The fraction of sp³-hybridized carbons (Fsp3) is 0.500. The number of fused-ring (bicyclic) bond motifs is 1. The first-order chi connectivity index (χ1) is 9.97. The number of nitrogens with zero attached hydrogens (tertiary/aromatic N) is 2. The molecule has 5 nitrogen and oxygen atoms in total. The minimum Gasteiger partial charge on any atom is -0.331 e. The summed E-state index contributed by atoms with van der Waals surface area (Å²) in [5.41, 5.74) is 8.64. The lowest BCUT2D eigenvalue weighted by Crippen LogP contribution is -2.39. The number of aryl methyl sites for hydroxylation is 1. The van der Waals surface area contributed by atoms with Crippen molar-refractivity contribution in [3.8, 4) is 0 Å². The number of benzene rings is 1. The van der Waals surface area contributed by atoms with Crippen LogP contribution in [-0.4, -0.2) is 21.5 Å². The molecule has 112 valence electrons. The molecule has 0 saturated heterocycles. The lowest BCUT2D eigenvalue weighted by Gasteiger charge is -2.15. The molecule has 1 saturated carbocycles. The van der Waals surface area contributed by atoms with E-state index in [9.17, 15) is 4.79 Å². The minimum absolute atomic E-state index is 0.116. The highest BCUT2D eigenvalue weighted by molar-refractivity contribution is 5.96. The van der Waals surface area contributed by atoms with Gasteiger partial charge in [0.2, 0.25) is 5.91 Å². The second-order valence-electron chi connectivity index (χ2n) is 6.27. The van der Waals surface area contributed by atoms with Crippen LogP contribution in [0.15, 0.2) is 18.2 Å². The van der Waals surface area contributed by atoms with Crippen molar-refractivity contribution >= 4 is 22.6 Å². The first-order valence-corrected chi connectivity index (χ1v) is 7.50. The molecule has 21 heavy (non-hydrogen) atoms. The van der Waals surface area contributed by atoms with Gasteiger partial charge in [-0.3, -0.25) is 4.79 Å². The van der Waals surface area contributed by atoms with E-state index in [0.29, 0.717) is 5.92 Å². The molecule has 0 unspecified atom stereocenters. The zero-order valence-electron chi connectivity index (χ0n) is 12.8. The predicted octanol–water partition coefficient (Wildman–Crippen LogP) is 2.37. The van der Waals surface area contributed by atoms with Crippen LogP contribution in [0.1, 0.15) is 38.4 Å². The molecule has 1 fully saturated rings. The number of anilines is 1. The maximum Gasteiger partial charge on any atom is 0.241 e. The molecular formula is C16H22N4O. The molecule has 1 aliphatic rings. The Balaban J connectivity index is 1.86. The Bertz CT molecular complexity index is 685. The molecule has 3 rings (SSSR count). The number of nitrogens with one attached hydrogen (secondary N) is 1. The maximum atomic E-state index is 12.0. The van der Waals surface area contributed by atoms with Crippen molar-refractivity contribution in [3.05, 3.63) is 24.0 Å². The van der Waals surface area contributed by atoms with E-state index in [1.807, 2.05) is 32.0 Å². The zero-order valence-corrected chi connectivity index (χ0v) is 12.8. The molecule has 0 radical (unpaired) electrons. The number of carbonyl (C=O) groups is 1. The molecule has 1 heterocycles. The summed E-state index contributed by atoms with van der Waals surface area (Å²) in [5, 5.41) is 2.88. The lowest BCUT2D eigenvalue weighted by atomic mass is 10.0. The molecule has 1 aromatic carbocycles. The summed E-state index contributed by atoms with van der Waals surface area (Å²) in [6.45, 7) is 3.88. The van der Waals surface area contributed by atoms with E-state index in [0.717, 1.165) is 22.5 Å². The first kappa shape index (κ1) is 14.1.